The summed E-state index contributed by atoms with van der Waals surface area (Å²) < 4.78 is 14.6. The van der Waals surface area contributed by atoms with Gasteiger partial charge in [0.05, 0.1) is 18.0 Å². The van der Waals surface area contributed by atoms with Gasteiger partial charge < -0.3 is 0 Å². The molecule has 1 unspecified atom stereocenters. The Morgan fingerprint density at radius 1 is 1.21 bits per heavy atom. The summed E-state index contributed by atoms with van der Waals surface area (Å²) in [6.45, 7) is 0. The van der Waals surface area contributed by atoms with Gasteiger partial charge in [0.2, 0.25) is 11.9 Å². The Labute approximate surface area is 146 Å². The molecule has 122 valence electrons. The average Bonchev–Trinajstić information content (AvgIpc) is 2.55. The lowest BCUT2D eigenvalue weighted by atomic mass is 10.0. The number of halogens is 2. The molecule has 0 saturated carbocycles. The van der Waals surface area contributed by atoms with Crippen LogP contribution < -0.4 is 10.6 Å². The summed E-state index contributed by atoms with van der Waals surface area (Å²) in [6, 6.07) is 12.6. The third-order valence-corrected chi connectivity index (χ3v) is 4.06. The quantitative estimate of drug-likeness (QED) is 0.828. The molecule has 2 aromatic carbocycles. The summed E-state index contributed by atoms with van der Waals surface area (Å²) in [6.07, 6.45) is 0.181. The number of rotatable bonds is 2. The molecular weight excluding hydrogens is 377 g/mol. The van der Waals surface area contributed by atoms with Crippen molar-refractivity contribution in [1.29, 1.82) is 0 Å². The number of nitrogens with zero attached hydrogens (tertiary/aromatic N) is 1. The lowest BCUT2D eigenvalue weighted by molar-refractivity contribution is -0.120. The van der Waals surface area contributed by atoms with Crippen molar-refractivity contribution in [2.75, 3.05) is 0 Å². The van der Waals surface area contributed by atoms with Crippen LogP contribution in [0.5, 0.6) is 0 Å². The molecule has 24 heavy (non-hydrogen) atoms. The van der Waals surface area contributed by atoms with Gasteiger partial charge >= 0.3 is 0 Å². The summed E-state index contributed by atoms with van der Waals surface area (Å²) >= 11 is 3.35. The molecule has 0 fully saturated rings. The van der Waals surface area contributed by atoms with Gasteiger partial charge in [-0.15, -0.1) is 0 Å². The number of hydrogen-bond donors (Lipinski definition) is 2. The van der Waals surface area contributed by atoms with Crippen LogP contribution in [-0.2, 0) is 4.79 Å². The second-order valence-electron chi connectivity index (χ2n) is 5.23. The van der Waals surface area contributed by atoms with Crippen LogP contribution in [0.2, 0.25) is 0 Å². The number of amides is 2. The molecule has 1 aliphatic heterocycles. The fourth-order valence-electron chi connectivity index (χ4n) is 2.35. The fraction of sp³-hybridized carbons (Fsp3) is 0.118. The van der Waals surface area contributed by atoms with Gasteiger partial charge in [-0.1, -0.05) is 40.2 Å². The average molecular weight is 390 g/mol. The largest absolute Gasteiger partial charge is 0.296 e. The number of benzene rings is 2. The van der Waals surface area contributed by atoms with Crippen molar-refractivity contribution in [2.24, 2.45) is 4.99 Å². The first-order valence-corrected chi connectivity index (χ1v) is 8.01. The third-order valence-electron chi connectivity index (χ3n) is 3.53. The minimum absolute atomic E-state index is 0.0208. The second-order valence-corrected chi connectivity index (χ2v) is 6.15. The molecule has 0 aromatic heterocycles. The smallest absolute Gasteiger partial charge is 0.260 e. The SMILES string of the molecule is O=C1CC(c2ccc(Br)cc2)N=C(NC(=O)c2ccccc2F)N1. The van der Waals surface area contributed by atoms with E-state index in [0.717, 1.165) is 10.0 Å². The first kappa shape index (κ1) is 16.3. The van der Waals surface area contributed by atoms with E-state index in [-0.39, 0.29) is 23.9 Å². The zero-order valence-corrected chi connectivity index (χ0v) is 14.0. The van der Waals surface area contributed by atoms with E-state index >= 15 is 0 Å². The molecule has 2 N–H and O–H groups in total. The van der Waals surface area contributed by atoms with Crippen molar-refractivity contribution in [3.05, 3.63) is 69.9 Å². The zero-order valence-electron chi connectivity index (χ0n) is 12.4. The number of nitrogens with one attached hydrogen (secondary N) is 2. The van der Waals surface area contributed by atoms with Crippen LogP contribution in [0.4, 0.5) is 4.39 Å². The zero-order chi connectivity index (χ0) is 17.1. The molecule has 0 radical (unpaired) electrons. The summed E-state index contributed by atoms with van der Waals surface area (Å²) in [7, 11) is 0. The molecule has 0 spiro atoms. The van der Waals surface area contributed by atoms with Gasteiger partial charge in [-0.25, -0.2) is 9.38 Å². The lowest BCUT2D eigenvalue weighted by Crippen LogP contribution is -2.47. The molecular formula is C17H13BrFN3O2. The highest BCUT2D eigenvalue weighted by molar-refractivity contribution is 9.10. The number of carbonyl (C=O) groups excluding carboxylic acids is 2. The first-order chi connectivity index (χ1) is 11.5. The van der Waals surface area contributed by atoms with Crippen molar-refractivity contribution >= 4 is 33.7 Å². The van der Waals surface area contributed by atoms with E-state index in [1.165, 1.54) is 18.2 Å². The summed E-state index contributed by atoms with van der Waals surface area (Å²) in [5.41, 5.74) is 0.742. The van der Waals surface area contributed by atoms with Crippen molar-refractivity contribution < 1.29 is 14.0 Å². The third kappa shape index (κ3) is 3.68. The Kier molecular flexibility index (Phi) is 4.71. The van der Waals surface area contributed by atoms with Crippen LogP contribution in [0.15, 0.2) is 58.0 Å². The monoisotopic (exact) mass is 389 g/mol. The fourth-order valence-corrected chi connectivity index (χ4v) is 2.62. The normalized spacial score (nSPS) is 17.0. The Morgan fingerprint density at radius 3 is 2.62 bits per heavy atom. The van der Waals surface area contributed by atoms with Crippen LogP contribution >= 0.6 is 15.9 Å². The molecule has 2 aromatic rings. The highest BCUT2D eigenvalue weighted by Crippen LogP contribution is 2.25. The molecule has 7 heteroatoms. The lowest BCUT2D eigenvalue weighted by Gasteiger charge is -2.21. The molecule has 0 aliphatic carbocycles. The maximum atomic E-state index is 13.7. The molecule has 2 amide bonds. The van der Waals surface area contributed by atoms with Gasteiger partial charge in [-0.2, -0.15) is 0 Å². The van der Waals surface area contributed by atoms with Crippen molar-refractivity contribution in [1.82, 2.24) is 10.6 Å². The van der Waals surface area contributed by atoms with E-state index in [0.29, 0.717) is 0 Å². The van der Waals surface area contributed by atoms with Crippen molar-refractivity contribution in [3.8, 4) is 0 Å². The van der Waals surface area contributed by atoms with E-state index in [4.69, 9.17) is 0 Å². The second kappa shape index (κ2) is 6.92. The maximum absolute atomic E-state index is 13.7. The molecule has 0 saturated heterocycles. The van der Waals surface area contributed by atoms with Gasteiger partial charge in [0.15, 0.2) is 0 Å². The van der Waals surface area contributed by atoms with E-state index in [9.17, 15) is 14.0 Å². The van der Waals surface area contributed by atoms with Crippen molar-refractivity contribution in [2.45, 2.75) is 12.5 Å². The van der Waals surface area contributed by atoms with Gasteiger partial charge in [0.25, 0.3) is 5.91 Å². The topological polar surface area (TPSA) is 70.6 Å². The molecule has 1 aliphatic rings. The predicted octanol–water partition coefficient (Wildman–Crippen LogP) is 2.94. The minimum Gasteiger partial charge on any atom is -0.296 e. The summed E-state index contributed by atoms with van der Waals surface area (Å²) in [5, 5.41) is 4.94. The van der Waals surface area contributed by atoms with Gasteiger partial charge in [0, 0.05) is 4.47 Å². The van der Waals surface area contributed by atoms with E-state index in [1.807, 2.05) is 24.3 Å². The standard InChI is InChI=1S/C17H13BrFN3O2/c18-11-7-5-10(6-8-11)14-9-15(23)21-17(20-14)22-16(24)12-3-1-2-4-13(12)19/h1-8,14H,9H2,(H2,20,21,22,23,24). The highest BCUT2D eigenvalue weighted by Gasteiger charge is 2.24. The van der Waals surface area contributed by atoms with Crippen LogP contribution in [-0.4, -0.2) is 17.8 Å². The Morgan fingerprint density at radius 2 is 1.92 bits per heavy atom. The maximum Gasteiger partial charge on any atom is 0.260 e. The molecule has 5 nitrogen and oxygen atoms in total. The van der Waals surface area contributed by atoms with Crippen LogP contribution in [0.3, 0.4) is 0 Å². The Bertz CT molecular complexity index is 821. The molecule has 3 rings (SSSR count). The number of guanidine groups is 1. The summed E-state index contributed by atoms with van der Waals surface area (Å²) in [4.78, 5) is 28.4. The summed E-state index contributed by atoms with van der Waals surface area (Å²) in [5.74, 6) is -1.54. The van der Waals surface area contributed by atoms with Crippen LogP contribution in [0.1, 0.15) is 28.4 Å². The van der Waals surface area contributed by atoms with Crippen LogP contribution in [0, 0.1) is 5.82 Å². The van der Waals surface area contributed by atoms with Gasteiger partial charge in [-0.3, -0.25) is 20.2 Å². The molecule has 0 bridgehead atoms. The highest BCUT2D eigenvalue weighted by atomic mass is 79.9. The Hall–Kier alpha value is -2.54. The Balaban J connectivity index is 1.81. The molecule has 1 atom stereocenters. The van der Waals surface area contributed by atoms with E-state index < -0.39 is 17.8 Å². The van der Waals surface area contributed by atoms with E-state index in [1.54, 1.807) is 6.07 Å². The van der Waals surface area contributed by atoms with Crippen molar-refractivity contribution in [3.63, 3.8) is 0 Å². The first-order valence-electron chi connectivity index (χ1n) is 7.22. The minimum atomic E-state index is -0.663. The van der Waals surface area contributed by atoms with Crippen LogP contribution in [0.25, 0.3) is 0 Å². The number of carbonyl (C=O) groups is 2. The number of hydrogen-bond acceptors (Lipinski definition) is 3. The van der Waals surface area contributed by atoms with Gasteiger partial charge in [0.1, 0.15) is 5.82 Å². The molecule has 1 heterocycles. The van der Waals surface area contributed by atoms with Gasteiger partial charge in [-0.05, 0) is 29.8 Å². The number of aliphatic imine (C=N–C) groups is 1. The predicted molar refractivity (Wildman–Crippen MR) is 90.9 cm³/mol. The van der Waals surface area contributed by atoms with E-state index in [2.05, 4.69) is 31.6 Å².